The summed E-state index contributed by atoms with van der Waals surface area (Å²) in [4.78, 5) is 22.1. The van der Waals surface area contributed by atoms with E-state index in [1.165, 1.54) is 11.3 Å². The molecule has 2 aromatic carbocycles. The van der Waals surface area contributed by atoms with Gasteiger partial charge in [0.1, 0.15) is 0 Å². The van der Waals surface area contributed by atoms with Gasteiger partial charge in [-0.2, -0.15) is 0 Å². The van der Waals surface area contributed by atoms with Crippen LogP contribution < -0.4 is 4.90 Å². The van der Waals surface area contributed by atoms with E-state index >= 15 is 0 Å². The summed E-state index contributed by atoms with van der Waals surface area (Å²) in [6, 6.07) is 15.0. The lowest BCUT2D eigenvalue weighted by atomic mass is 10.2. The first-order valence-corrected chi connectivity index (χ1v) is 10.6. The fraction of sp³-hybridized carbons (Fsp3) is 0.333. The third-order valence-corrected chi connectivity index (χ3v) is 6.07. The molecule has 4 rings (SSSR count). The van der Waals surface area contributed by atoms with Crippen LogP contribution in [0.15, 0.2) is 48.5 Å². The lowest BCUT2D eigenvalue weighted by Gasteiger charge is -2.27. The standard InChI is InChI=1S/C21H22ClN3O2S/c22-17-7-8-18-19(15-17)28-21(23-18)25(20(26)16-5-2-1-3-6-16)10-4-9-24-11-13-27-14-12-24/h1-3,5-8,15H,4,9-14H2. The number of morpholine rings is 1. The molecule has 1 aromatic heterocycles. The molecule has 0 radical (unpaired) electrons. The van der Waals surface area contributed by atoms with E-state index in [2.05, 4.69) is 4.90 Å². The van der Waals surface area contributed by atoms with Crippen molar-refractivity contribution in [2.45, 2.75) is 6.42 Å². The van der Waals surface area contributed by atoms with Gasteiger partial charge in [-0.25, -0.2) is 4.98 Å². The van der Waals surface area contributed by atoms with Crippen LogP contribution in [0, 0.1) is 0 Å². The van der Waals surface area contributed by atoms with Crippen molar-refractivity contribution in [2.75, 3.05) is 44.3 Å². The molecule has 0 bridgehead atoms. The Balaban J connectivity index is 1.55. The second-order valence-corrected chi connectivity index (χ2v) is 8.18. The predicted octanol–water partition coefficient (Wildman–Crippen LogP) is 4.32. The third kappa shape index (κ3) is 4.52. The van der Waals surface area contributed by atoms with Crippen molar-refractivity contribution >= 4 is 44.2 Å². The van der Waals surface area contributed by atoms with Gasteiger partial charge >= 0.3 is 0 Å². The molecule has 5 nitrogen and oxygen atoms in total. The van der Waals surface area contributed by atoms with Crippen LogP contribution in [-0.2, 0) is 4.74 Å². The molecule has 0 aliphatic carbocycles. The average Bonchev–Trinajstić information content (AvgIpc) is 3.15. The Morgan fingerprint density at radius 1 is 1.18 bits per heavy atom. The number of hydrogen-bond acceptors (Lipinski definition) is 5. The fourth-order valence-corrected chi connectivity index (χ4v) is 4.57. The highest BCUT2D eigenvalue weighted by atomic mass is 35.5. The van der Waals surface area contributed by atoms with Crippen molar-refractivity contribution in [2.24, 2.45) is 0 Å². The zero-order valence-corrected chi connectivity index (χ0v) is 17.1. The number of hydrogen-bond donors (Lipinski definition) is 0. The van der Waals surface area contributed by atoms with Crippen molar-refractivity contribution in [1.29, 1.82) is 0 Å². The number of benzene rings is 2. The summed E-state index contributed by atoms with van der Waals surface area (Å²) >= 11 is 7.62. The highest BCUT2D eigenvalue weighted by molar-refractivity contribution is 7.22. The number of carbonyl (C=O) groups excluding carboxylic acids is 1. The number of nitrogens with zero attached hydrogens (tertiary/aromatic N) is 3. The minimum atomic E-state index is -0.0206. The van der Waals surface area contributed by atoms with E-state index in [0.717, 1.165) is 49.5 Å². The Labute approximate surface area is 173 Å². The molecule has 1 fully saturated rings. The number of ether oxygens (including phenoxy) is 1. The molecule has 0 unspecified atom stereocenters. The number of thiazole rings is 1. The first-order valence-electron chi connectivity index (χ1n) is 9.44. The highest BCUT2D eigenvalue weighted by Gasteiger charge is 2.21. The van der Waals surface area contributed by atoms with Crippen LogP contribution in [0.5, 0.6) is 0 Å². The van der Waals surface area contributed by atoms with Crippen LogP contribution in [-0.4, -0.2) is 55.2 Å². The van der Waals surface area contributed by atoms with E-state index in [9.17, 15) is 4.79 Å². The van der Waals surface area contributed by atoms with E-state index in [0.29, 0.717) is 22.3 Å². The average molecular weight is 416 g/mol. The van der Waals surface area contributed by atoms with Gasteiger partial charge in [0.2, 0.25) is 0 Å². The minimum absolute atomic E-state index is 0.0206. The molecule has 28 heavy (non-hydrogen) atoms. The van der Waals surface area contributed by atoms with Crippen molar-refractivity contribution in [1.82, 2.24) is 9.88 Å². The van der Waals surface area contributed by atoms with Gasteiger partial charge in [0, 0.05) is 36.8 Å². The Morgan fingerprint density at radius 2 is 1.96 bits per heavy atom. The van der Waals surface area contributed by atoms with E-state index < -0.39 is 0 Å². The minimum Gasteiger partial charge on any atom is -0.379 e. The molecule has 0 atom stereocenters. The number of rotatable bonds is 6. The number of carbonyl (C=O) groups is 1. The molecule has 1 aliphatic rings. The number of aromatic nitrogens is 1. The predicted molar refractivity (Wildman–Crippen MR) is 115 cm³/mol. The van der Waals surface area contributed by atoms with Gasteiger partial charge in [-0.15, -0.1) is 0 Å². The van der Waals surface area contributed by atoms with Gasteiger partial charge in [0.05, 0.1) is 23.4 Å². The molecule has 1 saturated heterocycles. The van der Waals surface area contributed by atoms with E-state index in [4.69, 9.17) is 21.3 Å². The maximum Gasteiger partial charge on any atom is 0.260 e. The smallest absolute Gasteiger partial charge is 0.260 e. The number of anilines is 1. The highest BCUT2D eigenvalue weighted by Crippen LogP contribution is 2.31. The van der Waals surface area contributed by atoms with Crippen LogP contribution in [0.2, 0.25) is 5.02 Å². The van der Waals surface area contributed by atoms with Gasteiger partial charge < -0.3 is 4.74 Å². The van der Waals surface area contributed by atoms with Crippen LogP contribution >= 0.6 is 22.9 Å². The first-order chi connectivity index (χ1) is 13.7. The largest absolute Gasteiger partial charge is 0.379 e. The SMILES string of the molecule is O=C(c1ccccc1)N(CCCN1CCOCC1)c1nc2ccc(Cl)cc2s1. The van der Waals surface area contributed by atoms with Crippen LogP contribution in [0.1, 0.15) is 16.8 Å². The van der Waals surface area contributed by atoms with Gasteiger partial charge in [-0.05, 0) is 36.8 Å². The Hall–Kier alpha value is -1.99. The zero-order chi connectivity index (χ0) is 19.3. The number of amides is 1. The van der Waals surface area contributed by atoms with Crippen molar-refractivity contribution in [3.63, 3.8) is 0 Å². The monoisotopic (exact) mass is 415 g/mol. The lowest BCUT2D eigenvalue weighted by Crippen LogP contribution is -2.39. The summed E-state index contributed by atoms with van der Waals surface area (Å²) in [6.45, 7) is 5.03. The molecule has 1 aliphatic heterocycles. The molecule has 0 saturated carbocycles. The van der Waals surface area contributed by atoms with Gasteiger partial charge in [-0.3, -0.25) is 14.6 Å². The summed E-state index contributed by atoms with van der Waals surface area (Å²) in [5.41, 5.74) is 1.54. The van der Waals surface area contributed by atoms with Crippen molar-refractivity contribution in [3.8, 4) is 0 Å². The fourth-order valence-electron chi connectivity index (χ4n) is 3.30. The van der Waals surface area contributed by atoms with Crippen LogP contribution in [0.3, 0.4) is 0 Å². The Morgan fingerprint density at radius 3 is 2.75 bits per heavy atom. The molecule has 2 heterocycles. The zero-order valence-electron chi connectivity index (χ0n) is 15.5. The summed E-state index contributed by atoms with van der Waals surface area (Å²) < 4.78 is 6.40. The molecule has 3 aromatic rings. The molecule has 0 N–H and O–H groups in total. The summed E-state index contributed by atoms with van der Waals surface area (Å²) in [5, 5.41) is 1.39. The topological polar surface area (TPSA) is 45.7 Å². The number of halogens is 1. The maximum atomic E-state index is 13.2. The summed E-state index contributed by atoms with van der Waals surface area (Å²) in [5.74, 6) is -0.0206. The summed E-state index contributed by atoms with van der Waals surface area (Å²) in [6.07, 6.45) is 0.884. The van der Waals surface area contributed by atoms with Crippen molar-refractivity contribution in [3.05, 3.63) is 59.1 Å². The lowest BCUT2D eigenvalue weighted by molar-refractivity contribution is 0.0376. The number of fused-ring (bicyclic) bond motifs is 1. The summed E-state index contributed by atoms with van der Waals surface area (Å²) in [7, 11) is 0. The van der Waals surface area contributed by atoms with Crippen LogP contribution in [0.25, 0.3) is 10.2 Å². The van der Waals surface area contributed by atoms with Crippen LogP contribution in [0.4, 0.5) is 5.13 Å². The Bertz CT molecular complexity index is 941. The molecular formula is C21H22ClN3O2S. The quantitative estimate of drug-likeness (QED) is 0.601. The molecular weight excluding hydrogens is 394 g/mol. The van der Waals surface area contributed by atoms with E-state index in [1.807, 2.05) is 48.5 Å². The molecule has 0 spiro atoms. The molecule has 7 heteroatoms. The first kappa shape index (κ1) is 19.3. The van der Waals surface area contributed by atoms with Gasteiger partial charge in [0.25, 0.3) is 5.91 Å². The maximum absolute atomic E-state index is 13.2. The second kappa shape index (κ2) is 9.01. The normalized spacial score (nSPS) is 15.0. The Kier molecular flexibility index (Phi) is 6.22. The van der Waals surface area contributed by atoms with Gasteiger partial charge in [-0.1, -0.05) is 41.1 Å². The van der Waals surface area contributed by atoms with Crippen molar-refractivity contribution < 1.29 is 9.53 Å². The van der Waals surface area contributed by atoms with E-state index in [1.54, 1.807) is 4.90 Å². The molecule has 1 amide bonds. The van der Waals surface area contributed by atoms with E-state index in [-0.39, 0.29) is 5.91 Å². The molecule has 146 valence electrons. The van der Waals surface area contributed by atoms with Gasteiger partial charge in [0.15, 0.2) is 5.13 Å². The third-order valence-electron chi connectivity index (χ3n) is 4.80. The second-order valence-electron chi connectivity index (χ2n) is 6.74.